The Bertz CT molecular complexity index is 602. The minimum Gasteiger partial charge on any atom is -0.378 e. The molecular weight excluding hydrogens is 272 g/mol. The van der Waals surface area contributed by atoms with Crippen LogP contribution in [0.25, 0.3) is 5.69 Å². The largest absolute Gasteiger partial charge is 0.378 e. The average Bonchev–Trinajstić information content (AvgIpc) is 2.98. The van der Waals surface area contributed by atoms with Gasteiger partial charge in [0.1, 0.15) is 10.7 Å². The fourth-order valence-electron chi connectivity index (χ4n) is 2.11. The minimum atomic E-state index is 0.715. The van der Waals surface area contributed by atoms with E-state index in [2.05, 4.69) is 34.3 Å². The summed E-state index contributed by atoms with van der Waals surface area (Å²) < 4.78 is 7.08. The first-order chi connectivity index (χ1) is 9.74. The third-order valence-electron chi connectivity index (χ3n) is 3.31. The second-order valence-electron chi connectivity index (χ2n) is 4.79. The molecule has 0 saturated carbocycles. The van der Waals surface area contributed by atoms with Gasteiger partial charge in [0.05, 0.1) is 25.1 Å². The van der Waals surface area contributed by atoms with Gasteiger partial charge in [-0.15, -0.1) is 5.10 Å². The van der Waals surface area contributed by atoms with Crippen molar-refractivity contribution < 1.29 is 4.74 Å². The van der Waals surface area contributed by atoms with Gasteiger partial charge in [0.25, 0.3) is 0 Å². The molecule has 2 heterocycles. The molecule has 0 spiro atoms. The Morgan fingerprint density at radius 1 is 1.20 bits per heavy atom. The number of nitrogens with zero attached hydrogens (tertiary/aromatic N) is 4. The van der Waals surface area contributed by atoms with Gasteiger partial charge >= 0.3 is 0 Å². The van der Waals surface area contributed by atoms with Crippen LogP contribution in [0.3, 0.4) is 0 Å². The first-order valence-corrected chi connectivity index (χ1v) is 7.01. The van der Waals surface area contributed by atoms with Gasteiger partial charge in [-0.25, -0.2) is 4.68 Å². The predicted molar refractivity (Wildman–Crippen MR) is 80.2 cm³/mol. The second-order valence-corrected chi connectivity index (χ2v) is 5.18. The molecule has 0 atom stereocenters. The molecule has 0 aliphatic carbocycles. The summed E-state index contributed by atoms with van der Waals surface area (Å²) in [5, 5.41) is 8.33. The van der Waals surface area contributed by atoms with Crippen molar-refractivity contribution in [3.8, 4) is 5.69 Å². The van der Waals surface area contributed by atoms with Crippen molar-refractivity contribution in [3.05, 3.63) is 41.7 Å². The maximum atomic E-state index is 5.48. The van der Waals surface area contributed by atoms with E-state index < -0.39 is 0 Å². The van der Waals surface area contributed by atoms with Crippen LogP contribution in [0.15, 0.2) is 30.5 Å². The van der Waals surface area contributed by atoms with E-state index in [4.69, 9.17) is 17.0 Å². The predicted octanol–water partition coefficient (Wildman–Crippen LogP) is 1.58. The van der Waals surface area contributed by atoms with Crippen molar-refractivity contribution in [2.45, 2.75) is 6.92 Å². The molecule has 0 radical (unpaired) electrons. The number of aryl methyl sites for hydroxylation is 1. The van der Waals surface area contributed by atoms with Crippen LogP contribution in [-0.2, 0) is 4.74 Å². The van der Waals surface area contributed by atoms with Crippen molar-refractivity contribution in [2.75, 3.05) is 26.3 Å². The van der Waals surface area contributed by atoms with Crippen LogP contribution >= 0.6 is 12.2 Å². The fourth-order valence-corrected chi connectivity index (χ4v) is 2.39. The normalized spacial score (nSPS) is 15.3. The van der Waals surface area contributed by atoms with Crippen molar-refractivity contribution in [3.63, 3.8) is 0 Å². The standard InChI is InChI=1S/C14H16N4OS/c1-11-2-4-12(5-3-11)18-10-13(15-16-18)14(20)17-6-8-19-9-7-17/h2-5,10H,6-9H2,1H3. The summed E-state index contributed by atoms with van der Waals surface area (Å²) in [6.07, 6.45) is 1.88. The highest BCUT2D eigenvalue weighted by atomic mass is 32.1. The molecule has 1 saturated heterocycles. The molecule has 3 rings (SSSR count). The van der Waals surface area contributed by atoms with E-state index >= 15 is 0 Å². The molecule has 0 bridgehead atoms. The zero-order valence-corrected chi connectivity index (χ0v) is 12.1. The number of benzene rings is 1. The Labute approximate surface area is 123 Å². The van der Waals surface area contributed by atoms with Crippen molar-refractivity contribution >= 4 is 17.2 Å². The van der Waals surface area contributed by atoms with Crippen LogP contribution < -0.4 is 0 Å². The maximum absolute atomic E-state index is 5.48. The van der Waals surface area contributed by atoms with Crippen LogP contribution in [-0.4, -0.2) is 51.2 Å². The highest BCUT2D eigenvalue weighted by Crippen LogP contribution is 2.11. The van der Waals surface area contributed by atoms with E-state index in [0.717, 1.165) is 29.5 Å². The topological polar surface area (TPSA) is 43.2 Å². The lowest BCUT2D eigenvalue weighted by atomic mass is 10.2. The minimum absolute atomic E-state index is 0.715. The van der Waals surface area contributed by atoms with Gasteiger partial charge < -0.3 is 9.64 Å². The highest BCUT2D eigenvalue weighted by molar-refractivity contribution is 7.80. The molecule has 0 amide bonds. The summed E-state index contributed by atoms with van der Waals surface area (Å²) >= 11 is 5.48. The quantitative estimate of drug-likeness (QED) is 0.785. The summed E-state index contributed by atoms with van der Waals surface area (Å²) in [5.41, 5.74) is 2.94. The van der Waals surface area contributed by atoms with Crippen molar-refractivity contribution in [2.24, 2.45) is 0 Å². The first-order valence-electron chi connectivity index (χ1n) is 6.60. The summed E-state index contributed by atoms with van der Waals surface area (Å²) in [6, 6.07) is 8.14. The van der Waals surface area contributed by atoms with Gasteiger partial charge in [0.15, 0.2) is 0 Å². The number of hydrogen-bond acceptors (Lipinski definition) is 4. The zero-order chi connectivity index (χ0) is 13.9. The van der Waals surface area contributed by atoms with Crippen LogP contribution in [0.5, 0.6) is 0 Å². The molecule has 0 unspecified atom stereocenters. The smallest absolute Gasteiger partial charge is 0.140 e. The van der Waals surface area contributed by atoms with E-state index in [9.17, 15) is 0 Å². The summed E-state index contributed by atoms with van der Waals surface area (Å²) in [5.74, 6) is 0. The molecule has 1 aromatic heterocycles. The molecular formula is C14H16N4OS. The number of rotatable bonds is 2. The molecule has 1 aliphatic rings. The Kier molecular flexibility index (Phi) is 3.75. The van der Waals surface area contributed by atoms with Crippen LogP contribution in [0.2, 0.25) is 0 Å². The van der Waals surface area contributed by atoms with Gasteiger partial charge in [-0.1, -0.05) is 35.1 Å². The van der Waals surface area contributed by atoms with Crippen molar-refractivity contribution in [1.82, 2.24) is 19.9 Å². The molecule has 0 N–H and O–H groups in total. The van der Waals surface area contributed by atoms with E-state index in [1.807, 2.05) is 18.3 Å². The lowest BCUT2D eigenvalue weighted by molar-refractivity contribution is 0.0692. The number of morpholine rings is 1. The van der Waals surface area contributed by atoms with Crippen molar-refractivity contribution in [1.29, 1.82) is 0 Å². The summed E-state index contributed by atoms with van der Waals surface area (Å²) in [6.45, 7) is 5.12. The molecule has 1 fully saturated rings. The molecule has 20 heavy (non-hydrogen) atoms. The molecule has 2 aromatic rings. The monoisotopic (exact) mass is 288 g/mol. The second kappa shape index (κ2) is 5.68. The highest BCUT2D eigenvalue weighted by Gasteiger charge is 2.17. The van der Waals surface area contributed by atoms with E-state index in [1.54, 1.807) is 4.68 Å². The SMILES string of the molecule is Cc1ccc(-n2cc(C(=S)N3CCOCC3)nn2)cc1. The van der Waals surface area contributed by atoms with E-state index in [0.29, 0.717) is 13.2 Å². The van der Waals surface area contributed by atoms with Gasteiger partial charge in [-0.2, -0.15) is 0 Å². The summed E-state index contributed by atoms with van der Waals surface area (Å²) in [7, 11) is 0. The van der Waals surface area contributed by atoms with Gasteiger partial charge in [0.2, 0.25) is 0 Å². The molecule has 6 heteroatoms. The van der Waals surface area contributed by atoms with E-state index in [-0.39, 0.29) is 0 Å². The molecule has 1 aromatic carbocycles. The van der Waals surface area contributed by atoms with Crippen LogP contribution in [0.1, 0.15) is 11.3 Å². The molecule has 5 nitrogen and oxygen atoms in total. The maximum Gasteiger partial charge on any atom is 0.140 e. The lowest BCUT2D eigenvalue weighted by Gasteiger charge is -2.27. The van der Waals surface area contributed by atoms with Gasteiger partial charge in [-0.05, 0) is 19.1 Å². The Balaban J connectivity index is 1.79. The summed E-state index contributed by atoms with van der Waals surface area (Å²) in [4.78, 5) is 2.86. The lowest BCUT2D eigenvalue weighted by Crippen LogP contribution is -2.40. The first kappa shape index (κ1) is 13.2. The Morgan fingerprint density at radius 2 is 1.90 bits per heavy atom. The number of aromatic nitrogens is 3. The third kappa shape index (κ3) is 2.71. The average molecular weight is 288 g/mol. The Hall–Kier alpha value is -1.79. The van der Waals surface area contributed by atoms with Crippen LogP contribution in [0, 0.1) is 6.92 Å². The van der Waals surface area contributed by atoms with Gasteiger partial charge in [-0.3, -0.25) is 0 Å². The van der Waals surface area contributed by atoms with Gasteiger partial charge in [0, 0.05) is 13.1 Å². The number of hydrogen-bond donors (Lipinski definition) is 0. The third-order valence-corrected chi connectivity index (χ3v) is 3.78. The molecule has 1 aliphatic heterocycles. The number of ether oxygens (including phenoxy) is 1. The zero-order valence-electron chi connectivity index (χ0n) is 11.3. The Morgan fingerprint density at radius 3 is 2.60 bits per heavy atom. The van der Waals surface area contributed by atoms with Crippen LogP contribution in [0.4, 0.5) is 0 Å². The fraction of sp³-hybridized carbons (Fsp3) is 0.357. The molecule has 104 valence electrons. The van der Waals surface area contributed by atoms with E-state index in [1.165, 1.54) is 5.56 Å². The number of thiocarbonyl (C=S) groups is 1.